The van der Waals surface area contributed by atoms with Gasteiger partial charge in [-0.15, -0.1) is 5.10 Å². The van der Waals surface area contributed by atoms with E-state index >= 15 is 0 Å². The van der Waals surface area contributed by atoms with Gasteiger partial charge in [0, 0.05) is 10.0 Å². The number of halogens is 2. The second kappa shape index (κ2) is 6.71. The van der Waals surface area contributed by atoms with Crippen LogP contribution in [0.2, 0.25) is 0 Å². The minimum Gasteiger partial charge on any atom is -0.496 e. The molecule has 19 heavy (non-hydrogen) atoms. The third kappa shape index (κ3) is 3.93. The number of hydrogen-bond donors (Lipinski definition) is 1. The van der Waals surface area contributed by atoms with Crippen LogP contribution in [-0.2, 0) is 4.79 Å². The van der Waals surface area contributed by atoms with Crippen molar-refractivity contribution < 1.29 is 9.53 Å². The van der Waals surface area contributed by atoms with E-state index in [1.807, 2.05) is 12.1 Å². The Bertz CT molecular complexity index is 577. The van der Waals surface area contributed by atoms with Crippen LogP contribution in [-0.4, -0.2) is 30.2 Å². The number of nitrogens with zero attached hydrogens (tertiary/aromatic N) is 2. The Hall–Kier alpha value is -0.610. The first-order chi connectivity index (χ1) is 9.10. The average molecular weight is 454 g/mol. The van der Waals surface area contributed by atoms with Crippen LogP contribution in [0.25, 0.3) is 0 Å². The number of thioether (sulfide) groups is 1. The topological polar surface area (TPSA) is 63.1 Å². The fourth-order valence-corrected chi connectivity index (χ4v) is 3.09. The van der Waals surface area contributed by atoms with Gasteiger partial charge < -0.3 is 10.1 Å². The second-order valence-electron chi connectivity index (χ2n) is 3.49. The zero-order valence-corrected chi connectivity index (χ0v) is 14.4. The maximum Gasteiger partial charge on any atom is 0.236 e. The lowest BCUT2D eigenvalue weighted by atomic mass is 10.2. The van der Waals surface area contributed by atoms with E-state index in [0.29, 0.717) is 10.9 Å². The summed E-state index contributed by atoms with van der Waals surface area (Å²) in [7, 11) is 1.63. The molecular formula is C11H9BrIN3O2S. The van der Waals surface area contributed by atoms with Crippen LogP contribution in [0.15, 0.2) is 26.8 Å². The SMILES string of the molecule is COc1cc(Br)c(C=NN=C2NC(=O)CS2)cc1I. The van der Waals surface area contributed by atoms with Crippen LogP contribution in [0.4, 0.5) is 0 Å². The van der Waals surface area contributed by atoms with Gasteiger partial charge in [0.25, 0.3) is 0 Å². The monoisotopic (exact) mass is 453 g/mol. The van der Waals surface area contributed by atoms with Crippen molar-refractivity contribution in [2.75, 3.05) is 12.9 Å². The van der Waals surface area contributed by atoms with Crippen LogP contribution in [0.3, 0.4) is 0 Å². The Kier molecular flexibility index (Phi) is 5.22. The molecule has 1 heterocycles. The molecule has 5 nitrogen and oxygen atoms in total. The molecule has 0 saturated carbocycles. The first kappa shape index (κ1) is 14.8. The van der Waals surface area contributed by atoms with Gasteiger partial charge >= 0.3 is 0 Å². The van der Waals surface area contributed by atoms with Crippen molar-refractivity contribution in [2.45, 2.75) is 0 Å². The van der Waals surface area contributed by atoms with E-state index in [4.69, 9.17) is 4.74 Å². The van der Waals surface area contributed by atoms with Gasteiger partial charge in [0.2, 0.25) is 5.91 Å². The first-order valence-corrected chi connectivity index (χ1v) is 8.02. The average Bonchev–Trinajstić information content (AvgIpc) is 2.79. The van der Waals surface area contributed by atoms with Crippen molar-refractivity contribution in [1.82, 2.24) is 5.32 Å². The Labute approximate surface area is 136 Å². The van der Waals surface area contributed by atoms with Crippen LogP contribution >= 0.6 is 50.3 Å². The molecule has 1 aromatic carbocycles. The van der Waals surface area contributed by atoms with Gasteiger partial charge in [-0.3, -0.25) is 4.79 Å². The van der Waals surface area contributed by atoms with Gasteiger partial charge in [-0.2, -0.15) is 5.10 Å². The molecule has 1 aliphatic rings. The summed E-state index contributed by atoms with van der Waals surface area (Å²) in [5, 5.41) is 11.1. The largest absolute Gasteiger partial charge is 0.496 e. The van der Waals surface area contributed by atoms with Crippen molar-refractivity contribution in [1.29, 1.82) is 0 Å². The van der Waals surface area contributed by atoms with Crippen molar-refractivity contribution in [3.8, 4) is 5.75 Å². The number of benzene rings is 1. The quantitative estimate of drug-likeness (QED) is 0.434. The molecule has 1 aliphatic heterocycles. The minimum atomic E-state index is -0.0425. The summed E-state index contributed by atoms with van der Waals surface area (Å²) in [5.74, 6) is 1.16. The van der Waals surface area contributed by atoms with E-state index in [-0.39, 0.29) is 5.91 Å². The molecule has 0 radical (unpaired) electrons. The molecule has 0 unspecified atom stereocenters. The van der Waals surface area contributed by atoms with Crippen molar-refractivity contribution in [3.63, 3.8) is 0 Å². The molecule has 0 spiro atoms. The highest BCUT2D eigenvalue weighted by atomic mass is 127. The summed E-state index contributed by atoms with van der Waals surface area (Å²) >= 11 is 6.98. The number of ether oxygens (including phenoxy) is 1. The molecule has 0 atom stereocenters. The fraction of sp³-hybridized carbons (Fsp3) is 0.182. The second-order valence-corrected chi connectivity index (χ2v) is 6.48. The van der Waals surface area contributed by atoms with Gasteiger partial charge in [-0.25, -0.2) is 0 Å². The normalized spacial score (nSPS) is 17.2. The molecule has 1 saturated heterocycles. The molecular weight excluding hydrogens is 445 g/mol. The van der Waals surface area contributed by atoms with Gasteiger partial charge in [0.1, 0.15) is 5.75 Å². The highest BCUT2D eigenvalue weighted by Gasteiger charge is 2.15. The number of methoxy groups -OCH3 is 1. The van der Waals surface area contributed by atoms with Crippen molar-refractivity contribution >= 4 is 67.6 Å². The van der Waals surface area contributed by atoms with Gasteiger partial charge in [0.05, 0.1) is 22.6 Å². The lowest BCUT2D eigenvalue weighted by molar-refractivity contribution is -0.116. The predicted molar refractivity (Wildman–Crippen MR) is 89.0 cm³/mol. The zero-order valence-electron chi connectivity index (χ0n) is 9.81. The number of carbonyl (C=O) groups is 1. The lowest BCUT2D eigenvalue weighted by Crippen LogP contribution is -2.19. The van der Waals surface area contributed by atoms with Gasteiger partial charge in [-0.1, -0.05) is 11.8 Å². The standard InChI is InChI=1S/C11H9BrIN3O2S/c1-18-9-3-7(12)6(2-8(9)13)4-14-16-11-15-10(17)5-19-11/h2-4H,5H2,1H3,(H,15,16,17). The van der Waals surface area contributed by atoms with Crippen molar-refractivity contribution in [3.05, 3.63) is 25.7 Å². The number of amides is 1. The third-order valence-corrected chi connectivity index (χ3v) is 4.60. The number of rotatable bonds is 3. The highest BCUT2D eigenvalue weighted by Crippen LogP contribution is 2.27. The minimum absolute atomic E-state index is 0.0425. The summed E-state index contributed by atoms with van der Waals surface area (Å²) in [4.78, 5) is 11.0. The predicted octanol–water partition coefficient (Wildman–Crippen LogP) is 2.62. The molecule has 0 aliphatic carbocycles. The molecule has 1 N–H and O–H groups in total. The Balaban J connectivity index is 2.15. The number of nitrogens with one attached hydrogen (secondary N) is 1. The highest BCUT2D eigenvalue weighted by molar-refractivity contribution is 14.1. The molecule has 1 fully saturated rings. The zero-order chi connectivity index (χ0) is 13.8. The van der Waals surface area contributed by atoms with Crippen LogP contribution in [0.5, 0.6) is 5.75 Å². The number of carbonyl (C=O) groups excluding carboxylic acids is 1. The Morgan fingerprint density at radius 3 is 3.00 bits per heavy atom. The lowest BCUT2D eigenvalue weighted by Gasteiger charge is -2.05. The summed E-state index contributed by atoms with van der Waals surface area (Å²) in [6.45, 7) is 0. The molecule has 8 heteroatoms. The van der Waals surface area contributed by atoms with E-state index in [1.54, 1.807) is 13.3 Å². The summed E-state index contributed by atoms with van der Waals surface area (Å²) < 4.78 is 7.08. The summed E-state index contributed by atoms with van der Waals surface area (Å²) in [6, 6.07) is 3.82. The number of amidine groups is 1. The molecule has 2 rings (SSSR count). The van der Waals surface area contributed by atoms with Gasteiger partial charge in [0.15, 0.2) is 5.17 Å². The fourth-order valence-electron chi connectivity index (χ4n) is 1.32. The Morgan fingerprint density at radius 1 is 1.58 bits per heavy atom. The number of hydrogen-bond acceptors (Lipinski definition) is 5. The van der Waals surface area contributed by atoms with E-state index in [2.05, 4.69) is 54.0 Å². The third-order valence-electron chi connectivity index (χ3n) is 2.20. The Morgan fingerprint density at radius 2 is 2.37 bits per heavy atom. The molecule has 100 valence electrons. The molecule has 0 aromatic heterocycles. The van der Waals surface area contributed by atoms with Crippen LogP contribution in [0.1, 0.15) is 5.56 Å². The summed E-state index contributed by atoms with van der Waals surface area (Å²) in [5.41, 5.74) is 0.892. The van der Waals surface area contributed by atoms with E-state index < -0.39 is 0 Å². The molecule has 0 bridgehead atoms. The van der Waals surface area contributed by atoms with Gasteiger partial charge in [-0.05, 0) is 50.7 Å². The first-order valence-electron chi connectivity index (χ1n) is 5.17. The maximum absolute atomic E-state index is 11.0. The van der Waals surface area contributed by atoms with E-state index in [0.717, 1.165) is 19.4 Å². The molecule has 1 amide bonds. The van der Waals surface area contributed by atoms with Crippen molar-refractivity contribution in [2.24, 2.45) is 10.2 Å². The van der Waals surface area contributed by atoms with E-state index in [9.17, 15) is 4.79 Å². The van der Waals surface area contributed by atoms with E-state index in [1.165, 1.54) is 11.8 Å². The smallest absolute Gasteiger partial charge is 0.236 e. The van der Waals surface area contributed by atoms with Crippen LogP contribution < -0.4 is 10.1 Å². The maximum atomic E-state index is 11.0. The van der Waals surface area contributed by atoms with Crippen LogP contribution in [0, 0.1) is 3.57 Å². The molecule has 1 aromatic rings. The summed E-state index contributed by atoms with van der Waals surface area (Å²) in [6.07, 6.45) is 1.63.